The number of benzene rings is 3. The van der Waals surface area contributed by atoms with Crippen molar-refractivity contribution < 1.29 is 42.8 Å². The Labute approximate surface area is 294 Å². The number of nitrogens with one attached hydrogen (secondary N) is 1. The number of esters is 1. The number of hydrogen-bond acceptors (Lipinski definition) is 13. The maximum Gasteiger partial charge on any atom is 0.459 e. The lowest BCUT2D eigenvalue weighted by Crippen LogP contribution is -2.45. The molecule has 0 radical (unpaired) electrons. The molecule has 0 aliphatic carbocycles. The summed E-state index contributed by atoms with van der Waals surface area (Å²) in [5.74, 6) is -0.855. The number of carbonyl (C=O) groups excluding carboxylic acids is 1. The van der Waals surface area contributed by atoms with E-state index in [0.717, 1.165) is 10.9 Å². The smallest absolute Gasteiger partial charge is 0.459 e. The fraction of sp³-hybridized carbons (Fsp3) is 0.371. The quantitative estimate of drug-likeness (QED) is 0.0963. The summed E-state index contributed by atoms with van der Waals surface area (Å²) in [5.41, 5.74) is 5.19. The molecule has 51 heavy (non-hydrogen) atoms. The van der Waals surface area contributed by atoms with Gasteiger partial charge in [0.15, 0.2) is 17.4 Å². The summed E-state index contributed by atoms with van der Waals surface area (Å²) in [6.45, 7) is 6.12. The van der Waals surface area contributed by atoms with E-state index in [9.17, 15) is 19.6 Å². The molecule has 0 bridgehead atoms. The number of nitrogen functional groups attached to an aromatic ring is 1. The van der Waals surface area contributed by atoms with Crippen LogP contribution in [0.3, 0.4) is 0 Å². The van der Waals surface area contributed by atoms with Crippen molar-refractivity contribution in [2.75, 3.05) is 19.5 Å². The molecule has 2 aromatic heterocycles. The van der Waals surface area contributed by atoms with Crippen molar-refractivity contribution in [3.63, 3.8) is 0 Å². The highest BCUT2D eigenvalue weighted by Gasteiger charge is 2.54. The molecular formula is C35H41N6O9P. The van der Waals surface area contributed by atoms with Gasteiger partial charge in [-0.05, 0) is 36.8 Å². The number of aromatic nitrogens is 4. The van der Waals surface area contributed by atoms with Gasteiger partial charge in [0.05, 0.1) is 20.0 Å². The van der Waals surface area contributed by atoms with Crippen molar-refractivity contribution >= 4 is 41.6 Å². The molecule has 1 aliphatic heterocycles. The van der Waals surface area contributed by atoms with E-state index in [1.807, 2.05) is 54.6 Å². The summed E-state index contributed by atoms with van der Waals surface area (Å²) in [4.78, 5) is 26.2. The van der Waals surface area contributed by atoms with Crippen LogP contribution in [0.15, 0.2) is 79.1 Å². The summed E-state index contributed by atoms with van der Waals surface area (Å²) in [6, 6.07) is 20.7. The lowest BCUT2D eigenvalue weighted by atomic mass is 9.96. The Kier molecular flexibility index (Phi) is 10.3. The van der Waals surface area contributed by atoms with Crippen LogP contribution in [0.1, 0.15) is 45.6 Å². The van der Waals surface area contributed by atoms with Gasteiger partial charge >= 0.3 is 13.7 Å². The Balaban J connectivity index is 1.28. The first-order valence-corrected chi connectivity index (χ1v) is 17.9. The number of carbonyl (C=O) groups is 1. The summed E-state index contributed by atoms with van der Waals surface area (Å²) >= 11 is 0. The number of nitrogens with two attached hydrogens (primary N) is 1. The van der Waals surface area contributed by atoms with Gasteiger partial charge in [-0.3, -0.25) is 13.9 Å². The number of fused-ring (bicyclic) bond motifs is 2. The van der Waals surface area contributed by atoms with Gasteiger partial charge in [0.1, 0.15) is 35.7 Å². The van der Waals surface area contributed by atoms with Crippen LogP contribution in [-0.4, -0.2) is 73.3 Å². The van der Waals surface area contributed by atoms with Crippen LogP contribution >= 0.6 is 7.75 Å². The Hall–Kier alpha value is -4.63. The fourth-order valence-electron chi connectivity index (χ4n) is 5.95. The molecular weight excluding hydrogens is 679 g/mol. The predicted molar refractivity (Wildman–Crippen MR) is 188 cm³/mol. The van der Waals surface area contributed by atoms with E-state index in [1.54, 1.807) is 39.0 Å². The maximum absolute atomic E-state index is 14.8. The van der Waals surface area contributed by atoms with E-state index >= 15 is 0 Å². The molecule has 1 fully saturated rings. The molecule has 7 atom stereocenters. The molecule has 1 saturated heterocycles. The van der Waals surface area contributed by atoms with Crippen LogP contribution in [0, 0.1) is 5.92 Å². The Morgan fingerprint density at radius 3 is 2.51 bits per heavy atom. The monoisotopic (exact) mass is 720 g/mol. The van der Waals surface area contributed by atoms with Crippen molar-refractivity contribution in [2.45, 2.75) is 63.9 Å². The second kappa shape index (κ2) is 14.5. The van der Waals surface area contributed by atoms with Gasteiger partial charge in [-0.25, -0.2) is 9.55 Å². The van der Waals surface area contributed by atoms with Crippen LogP contribution in [-0.2, 0) is 23.4 Å². The average molecular weight is 721 g/mol. The van der Waals surface area contributed by atoms with E-state index in [1.165, 1.54) is 24.9 Å². The highest BCUT2D eigenvalue weighted by atomic mass is 31.2. The van der Waals surface area contributed by atoms with Gasteiger partial charge in [0, 0.05) is 5.39 Å². The third kappa shape index (κ3) is 7.40. The Morgan fingerprint density at radius 2 is 1.78 bits per heavy atom. The molecule has 0 spiro atoms. The van der Waals surface area contributed by atoms with Gasteiger partial charge < -0.3 is 34.7 Å². The van der Waals surface area contributed by atoms with Crippen molar-refractivity contribution in [2.24, 2.45) is 5.92 Å². The molecule has 1 aliphatic rings. The third-order valence-corrected chi connectivity index (χ3v) is 10.3. The SMILES string of the molecule is COc1nc(N)nc2c1ncn2C1O[C@H](COP(=O)(NC(C(=O)O[C@@H](C)c2ccccc2)C(C)C)Oc2cccc3ccccc23)[C@@H](O)[C@@]1(C)O. The molecule has 5 N–H and O–H groups in total. The van der Waals surface area contributed by atoms with E-state index < -0.39 is 62.4 Å². The zero-order chi connectivity index (χ0) is 36.5. The van der Waals surface area contributed by atoms with Crippen LogP contribution in [0.5, 0.6) is 11.6 Å². The first-order valence-electron chi connectivity index (χ1n) is 16.4. The zero-order valence-corrected chi connectivity index (χ0v) is 29.6. The topological polar surface area (TPSA) is 202 Å². The molecule has 5 aromatic rings. The molecule has 270 valence electrons. The van der Waals surface area contributed by atoms with Crippen LogP contribution in [0.25, 0.3) is 21.9 Å². The minimum Gasteiger partial charge on any atom is -0.479 e. The zero-order valence-electron chi connectivity index (χ0n) is 28.7. The number of aliphatic hydroxyl groups excluding tert-OH is 1. The van der Waals surface area contributed by atoms with Crippen molar-refractivity contribution in [3.05, 3.63) is 84.7 Å². The molecule has 3 unspecified atom stereocenters. The third-order valence-electron chi connectivity index (χ3n) is 8.76. The number of imidazole rings is 1. The Morgan fingerprint density at radius 1 is 1.08 bits per heavy atom. The minimum absolute atomic E-state index is 0.104. The predicted octanol–water partition coefficient (Wildman–Crippen LogP) is 4.70. The second-order valence-corrected chi connectivity index (χ2v) is 14.5. The number of rotatable bonds is 13. The first kappa shape index (κ1) is 36.2. The van der Waals surface area contributed by atoms with E-state index in [2.05, 4.69) is 20.0 Å². The molecule has 3 heterocycles. The van der Waals surface area contributed by atoms with Crippen LogP contribution in [0.2, 0.25) is 0 Å². The van der Waals surface area contributed by atoms with Gasteiger partial charge in [-0.15, -0.1) is 0 Å². The fourth-order valence-corrected chi connectivity index (χ4v) is 7.63. The van der Waals surface area contributed by atoms with E-state index in [4.69, 9.17) is 29.0 Å². The number of aliphatic hydroxyl groups is 2. The highest BCUT2D eigenvalue weighted by molar-refractivity contribution is 7.52. The minimum atomic E-state index is -4.48. The summed E-state index contributed by atoms with van der Waals surface area (Å²) in [6.07, 6.45) is -3.28. The normalized spacial score (nSPS) is 22.9. The van der Waals surface area contributed by atoms with Gasteiger partial charge in [-0.2, -0.15) is 15.1 Å². The lowest BCUT2D eigenvalue weighted by molar-refractivity contribution is -0.152. The molecule has 0 amide bonds. The summed E-state index contributed by atoms with van der Waals surface area (Å²) in [5, 5.41) is 27.1. The number of anilines is 1. The molecule has 16 heteroatoms. The number of nitrogens with zero attached hydrogens (tertiary/aromatic N) is 4. The molecule has 3 aromatic carbocycles. The van der Waals surface area contributed by atoms with Crippen molar-refractivity contribution in [3.8, 4) is 11.6 Å². The molecule has 15 nitrogen and oxygen atoms in total. The Bertz CT molecular complexity index is 2050. The average Bonchev–Trinajstić information content (AvgIpc) is 3.62. The highest BCUT2D eigenvalue weighted by Crippen LogP contribution is 2.49. The standard InChI is InChI=1S/C35H41N6O9P/c1-20(2)27(32(43)48-21(3)22-12-7-6-8-13-22)40-51(45,50-25-17-11-15-23-14-9-10-16-24(23)25)47-18-26-29(42)35(4,44)33(49-26)41-19-37-28-30(41)38-34(36)39-31(28)46-5/h6-17,19-21,26-27,29,33,42,44H,18H2,1-5H3,(H,40,45)(H2,36,38,39)/t21-,26+,27?,29+,33?,35+,51?/m0/s1. The van der Waals surface area contributed by atoms with Crippen molar-refractivity contribution in [1.29, 1.82) is 0 Å². The van der Waals surface area contributed by atoms with Crippen molar-refractivity contribution in [1.82, 2.24) is 24.6 Å². The number of ether oxygens (including phenoxy) is 3. The second-order valence-electron chi connectivity index (χ2n) is 12.8. The van der Waals surface area contributed by atoms with E-state index in [0.29, 0.717) is 5.39 Å². The lowest BCUT2D eigenvalue weighted by Gasteiger charge is -2.29. The van der Waals surface area contributed by atoms with Gasteiger partial charge in [-0.1, -0.05) is 80.6 Å². The van der Waals surface area contributed by atoms with Gasteiger partial charge in [0.25, 0.3) is 0 Å². The maximum atomic E-state index is 14.8. The number of methoxy groups -OCH3 is 1. The first-order chi connectivity index (χ1) is 24.3. The summed E-state index contributed by atoms with van der Waals surface area (Å²) in [7, 11) is -3.08. The molecule has 0 saturated carbocycles. The van der Waals surface area contributed by atoms with E-state index in [-0.39, 0.29) is 28.7 Å². The number of hydrogen-bond donors (Lipinski definition) is 4. The van der Waals surface area contributed by atoms with Crippen LogP contribution in [0.4, 0.5) is 5.95 Å². The van der Waals surface area contributed by atoms with Gasteiger partial charge in [0.2, 0.25) is 11.8 Å². The summed E-state index contributed by atoms with van der Waals surface area (Å²) < 4.78 is 45.5. The molecule has 6 rings (SSSR count). The largest absolute Gasteiger partial charge is 0.479 e. The van der Waals surface area contributed by atoms with Crippen LogP contribution < -0.4 is 20.1 Å².